The number of aryl methyl sites for hydroxylation is 1. The van der Waals surface area contributed by atoms with Gasteiger partial charge in [-0.3, -0.25) is 0 Å². The Labute approximate surface area is 87.9 Å². The van der Waals surface area contributed by atoms with Crippen LogP contribution in [0.2, 0.25) is 0 Å². The van der Waals surface area contributed by atoms with Gasteiger partial charge in [0.25, 0.3) is 0 Å². The average Bonchev–Trinajstić information content (AvgIpc) is 2.27. The van der Waals surface area contributed by atoms with Crippen molar-refractivity contribution < 1.29 is 9.47 Å². The summed E-state index contributed by atoms with van der Waals surface area (Å²) in [5.74, 6) is 1.47. The summed E-state index contributed by atoms with van der Waals surface area (Å²) in [4.78, 5) is 8.33. The molecule has 0 aliphatic carbocycles. The summed E-state index contributed by atoms with van der Waals surface area (Å²) in [6, 6.07) is 3.70. The first-order chi connectivity index (χ1) is 7.26. The molecule has 0 saturated heterocycles. The Hall–Kier alpha value is -1.84. The SMILES string of the molecule is COc1cc(OC)c2c(C)ncnc2c1. The molecule has 0 unspecified atom stereocenters. The van der Waals surface area contributed by atoms with E-state index in [1.807, 2.05) is 19.1 Å². The van der Waals surface area contributed by atoms with E-state index in [2.05, 4.69) is 9.97 Å². The van der Waals surface area contributed by atoms with Crippen LogP contribution in [-0.4, -0.2) is 24.2 Å². The Morgan fingerprint density at radius 2 is 1.87 bits per heavy atom. The minimum Gasteiger partial charge on any atom is -0.497 e. The highest BCUT2D eigenvalue weighted by molar-refractivity contribution is 5.88. The van der Waals surface area contributed by atoms with Crippen LogP contribution in [-0.2, 0) is 0 Å². The van der Waals surface area contributed by atoms with E-state index in [9.17, 15) is 0 Å². The average molecular weight is 204 g/mol. The van der Waals surface area contributed by atoms with Gasteiger partial charge in [0, 0.05) is 12.1 Å². The lowest BCUT2D eigenvalue weighted by atomic mass is 10.1. The molecule has 1 heterocycles. The van der Waals surface area contributed by atoms with Gasteiger partial charge in [0.05, 0.1) is 30.8 Å². The molecule has 2 rings (SSSR count). The van der Waals surface area contributed by atoms with Crippen LogP contribution in [0.5, 0.6) is 11.5 Å². The van der Waals surface area contributed by atoms with Crippen LogP contribution in [0.25, 0.3) is 10.9 Å². The number of hydrogen-bond donors (Lipinski definition) is 0. The zero-order valence-electron chi connectivity index (χ0n) is 8.94. The molecule has 0 bridgehead atoms. The summed E-state index contributed by atoms with van der Waals surface area (Å²) in [5.41, 5.74) is 1.73. The number of rotatable bonds is 2. The maximum absolute atomic E-state index is 5.29. The summed E-state index contributed by atoms with van der Waals surface area (Å²) in [6.45, 7) is 1.93. The number of aromatic nitrogens is 2. The monoisotopic (exact) mass is 204 g/mol. The first-order valence-corrected chi connectivity index (χ1v) is 4.59. The Bertz CT molecular complexity index is 497. The third kappa shape index (κ3) is 1.58. The summed E-state index contributed by atoms with van der Waals surface area (Å²) in [6.07, 6.45) is 1.54. The van der Waals surface area contributed by atoms with Crippen molar-refractivity contribution in [3.05, 3.63) is 24.2 Å². The molecule has 4 nitrogen and oxygen atoms in total. The normalized spacial score (nSPS) is 10.3. The minimum absolute atomic E-state index is 0.734. The highest BCUT2D eigenvalue weighted by atomic mass is 16.5. The van der Waals surface area contributed by atoms with E-state index in [4.69, 9.17) is 9.47 Å². The van der Waals surface area contributed by atoms with Gasteiger partial charge >= 0.3 is 0 Å². The summed E-state index contributed by atoms with van der Waals surface area (Å²) in [7, 11) is 3.25. The zero-order chi connectivity index (χ0) is 10.8. The second-order valence-corrected chi connectivity index (χ2v) is 3.18. The molecule has 0 atom stereocenters. The second kappa shape index (κ2) is 3.73. The fraction of sp³-hybridized carbons (Fsp3) is 0.273. The summed E-state index contributed by atoms with van der Waals surface area (Å²) < 4.78 is 10.5. The summed E-state index contributed by atoms with van der Waals surface area (Å²) >= 11 is 0. The molecule has 0 radical (unpaired) electrons. The highest BCUT2D eigenvalue weighted by Gasteiger charge is 2.08. The second-order valence-electron chi connectivity index (χ2n) is 3.18. The van der Waals surface area contributed by atoms with Gasteiger partial charge in [0.1, 0.15) is 17.8 Å². The topological polar surface area (TPSA) is 44.2 Å². The maximum Gasteiger partial charge on any atom is 0.133 e. The van der Waals surface area contributed by atoms with Crippen molar-refractivity contribution in [1.29, 1.82) is 0 Å². The van der Waals surface area contributed by atoms with Crippen LogP contribution in [0.3, 0.4) is 0 Å². The molecule has 0 N–H and O–H groups in total. The van der Waals surface area contributed by atoms with E-state index in [-0.39, 0.29) is 0 Å². The molecule has 1 aromatic carbocycles. The Kier molecular flexibility index (Phi) is 2.41. The van der Waals surface area contributed by atoms with Crippen molar-refractivity contribution in [2.24, 2.45) is 0 Å². The van der Waals surface area contributed by atoms with Crippen molar-refractivity contribution >= 4 is 10.9 Å². The minimum atomic E-state index is 0.734. The zero-order valence-corrected chi connectivity index (χ0v) is 8.94. The number of hydrogen-bond acceptors (Lipinski definition) is 4. The largest absolute Gasteiger partial charge is 0.497 e. The predicted octanol–water partition coefficient (Wildman–Crippen LogP) is 1.96. The number of methoxy groups -OCH3 is 2. The van der Waals surface area contributed by atoms with Gasteiger partial charge in [0.15, 0.2) is 0 Å². The van der Waals surface area contributed by atoms with E-state index in [0.29, 0.717) is 0 Å². The van der Waals surface area contributed by atoms with E-state index >= 15 is 0 Å². The Balaban J connectivity index is 2.81. The van der Waals surface area contributed by atoms with Crippen molar-refractivity contribution in [2.45, 2.75) is 6.92 Å². The third-order valence-electron chi connectivity index (χ3n) is 2.32. The summed E-state index contributed by atoms with van der Waals surface area (Å²) in [5, 5.41) is 0.931. The smallest absolute Gasteiger partial charge is 0.133 e. The number of nitrogens with zero attached hydrogens (tertiary/aromatic N) is 2. The van der Waals surface area contributed by atoms with Gasteiger partial charge in [-0.1, -0.05) is 0 Å². The molecule has 0 amide bonds. The van der Waals surface area contributed by atoms with Crippen LogP contribution in [0.4, 0.5) is 0 Å². The van der Waals surface area contributed by atoms with Crippen LogP contribution in [0.1, 0.15) is 5.69 Å². The quantitative estimate of drug-likeness (QED) is 0.750. The first-order valence-electron chi connectivity index (χ1n) is 4.59. The molecular formula is C11H12N2O2. The van der Waals surface area contributed by atoms with Crippen LogP contribution in [0, 0.1) is 6.92 Å². The Morgan fingerprint density at radius 1 is 1.07 bits per heavy atom. The van der Waals surface area contributed by atoms with Crippen LogP contribution in [0.15, 0.2) is 18.5 Å². The molecule has 15 heavy (non-hydrogen) atoms. The van der Waals surface area contributed by atoms with Gasteiger partial charge < -0.3 is 9.47 Å². The maximum atomic E-state index is 5.29. The lowest BCUT2D eigenvalue weighted by Gasteiger charge is -2.09. The lowest BCUT2D eigenvalue weighted by Crippen LogP contribution is -1.93. The molecule has 2 aromatic rings. The standard InChI is InChI=1S/C11H12N2O2/c1-7-11-9(13-6-12-7)4-8(14-2)5-10(11)15-3/h4-6H,1-3H3. The van der Waals surface area contributed by atoms with Gasteiger partial charge in [-0.05, 0) is 6.92 Å². The molecule has 0 spiro atoms. The third-order valence-corrected chi connectivity index (χ3v) is 2.32. The van der Waals surface area contributed by atoms with Gasteiger partial charge in [-0.15, -0.1) is 0 Å². The first kappa shape index (κ1) is 9.71. The van der Waals surface area contributed by atoms with Crippen molar-refractivity contribution in [1.82, 2.24) is 9.97 Å². The predicted molar refractivity (Wildman–Crippen MR) is 57.4 cm³/mol. The van der Waals surface area contributed by atoms with Crippen LogP contribution < -0.4 is 9.47 Å². The van der Waals surface area contributed by atoms with Crippen molar-refractivity contribution in [2.75, 3.05) is 14.2 Å². The van der Waals surface area contributed by atoms with Crippen LogP contribution >= 0.6 is 0 Å². The Morgan fingerprint density at radius 3 is 2.53 bits per heavy atom. The van der Waals surface area contributed by atoms with Crippen molar-refractivity contribution in [3.63, 3.8) is 0 Å². The highest BCUT2D eigenvalue weighted by Crippen LogP contribution is 2.30. The van der Waals surface area contributed by atoms with Gasteiger partial charge in [-0.2, -0.15) is 0 Å². The molecule has 0 aliphatic heterocycles. The van der Waals surface area contributed by atoms with Gasteiger partial charge in [-0.25, -0.2) is 9.97 Å². The molecular weight excluding hydrogens is 192 g/mol. The molecule has 0 aliphatic rings. The van der Waals surface area contributed by atoms with Crippen molar-refractivity contribution in [3.8, 4) is 11.5 Å². The molecule has 78 valence electrons. The number of benzene rings is 1. The van der Waals surface area contributed by atoms with E-state index in [1.165, 1.54) is 6.33 Å². The van der Waals surface area contributed by atoms with E-state index in [1.54, 1.807) is 14.2 Å². The lowest BCUT2D eigenvalue weighted by molar-refractivity contribution is 0.397. The van der Waals surface area contributed by atoms with E-state index in [0.717, 1.165) is 28.1 Å². The number of ether oxygens (including phenoxy) is 2. The van der Waals surface area contributed by atoms with Gasteiger partial charge in [0.2, 0.25) is 0 Å². The van der Waals surface area contributed by atoms with E-state index < -0.39 is 0 Å². The fourth-order valence-corrected chi connectivity index (χ4v) is 1.56. The molecule has 1 aromatic heterocycles. The fourth-order valence-electron chi connectivity index (χ4n) is 1.56. The molecule has 0 fully saturated rings. The molecule has 0 saturated carbocycles. The number of fused-ring (bicyclic) bond motifs is 1. The molecule has 4 heteroatoms.